The Hall–Kier alpha value is -2.69. The Morgan fingerprint density at radius 1 is 0.950 bits per heavy atom. The zero-order valence-corrected chi connectivity index (χ0v) is 26.9. The third-order valence-electron chi connectivity index (χ3n) is 7.00. The van der Waals surface area contributed by atoms with Gasteiger partial charge in [-0.3, -0.25) is 4.79 Å². The van der Waals surface area contributed by atoms with E-state index in [-0.39, 0.29) is 11.5 Å². The van der Waals surface area contributed by atoms with E-state index in [0.29, 0.717) is 46.1 Å². The van der Waals surface area contributed by atoms with Gasteiger partial charge in [0.1, 0.15) is 12.4 Å². The van der Waals surface area contributed by atoms with E-state index in [1.165, 1.54) is 11.1 Å². The van der Waals surface area contributed by atoms with Gasteiger partial charge in [0.05, 0.1) is 31.3 Å². The molecule has 1 aromatic heterocycles. The number of hydrogen-bond acceptors (Lipinski definition) is 6. The quantitative estimate of drug-likeness (QED) is 0.171. The van der Waals surface area contributed by atoms with Gasteiger partial charge in [0.25, 0.3) is 5.56 Å². The van der Waals surface area contributed by atoms with Crippen LogP contribution in [0.4, 0.5) is 0 Å². The zero-order chi connectivity index (χ0) is 28.2. The Labute approximate surface area is 257 Å². The zero-order valence-electron chi connectivity index (χ0n) is 22.1. The van der Waals surface area contributed by atoms with E-state index >= 15 is 0 Å². The van der Waals surface area contributed by atoms with Crippen LogP contribution in [0.3, 0.4) is 0 Å². The molecule has 0 spiro atoms. The highest BCUT2D eigenvalue weighted by Gasteiger charge is 2.23. The highest BCUT2D eigenvalue weighted by molar-refractivity contribution is 9.11. The lowest BCUT2D eigenvalue weighted by molar-refractivity contribution is 0.265. The summed E-state index contributed by atoms with van der Waals surface area (Å²) in [5, 5.41) is 5.18. The number of ether oxygens (including phenoxy) is 3. The average molecular weight is 734 g/mol. The maximum Gasteiger partial charge on any atom is 0.282 e. The molecule has 0 unspecified atom stereocenters. The SMILES string of the molecule is COc1cc(C=Nn2c(C3CCCCC3)nc3ccc(Br)cc3c2=O)cc(OC)c1OCc1ccc(Br)cc1Br. The summed E-state index contributed by atoms with van der Waals surface area (Å²) >= 11 is 10.5. The standard InChI is InChI=1S/C30H28Br3N3O4/c1-38-26-12-18(13-27(39-2)28(26)40-17-20-8-9-22(32)15-24(20)33)16-34-36-29(19-6-4-3-5-7-19)35-25-11-10-21(31)14-23(25)30(36)37/h8-16,19H,3-7,17H2,1-2H3. The van der Waals surface area contributed by atoms with Gasteiger partial charge in [0.15, 0.2) is 11.5 Å². The Morgan fingerprint density at radius 3 is 2.30 bits per heavy atom. The van der Waals surface area contributed by atoms with Crippen molar-refractivity contribution in [1.29, 1.82) is 0 Å². The Balaban J connectivity index is 1.51. The van der Waals surface area contributed by atoms with Crippen LogP contribution in [0, 0.1) is 0 Å². The highest BCUT2D eigenvalue weighted by Crippen LogP contribution is 2.39. The van der Waals surface area contributed by atoms with Crippen LogP contribution >= 0.6 is 47.8 Å². The lowest BCUT2D eigenvalue weighted by atomic mass is 9.88. The molecule has 1 aliphatic carbocycles. The van der Waals surface area contributed by atoms with Crippen molar-refractivity contribution < 1.29 is 14.2 Å². The first-order chi connectivity index (χ1) is 19.4. The van der Waals surface area contributed by atoms with Crippen molar-refractivity contribution in [2.45, 2.75) is 44.6 Å². The fraction of sp³-hybridized carbons (Fsp3) is 0.300. The number of aromatic nitrogens is 2. The van der Waals surface area contributed by atoms with E-state index in [2.05, 4.69) is 52.9 Å². The third kappa shape index (κ3) is 6.29. The molecule has 208 valence electrons. The van der Waals surface area contributed by atoms with Crippen LogP contribution in [-0.4, -0.2) is 30.1 Å². The normalized spacial score (nSPS) is 14.1. The monoisotopic (exact) mass is 731 g/mol. The summed E-state index contributed by atoms with van der Waals surface area (Å²) < 4.78 is 21.6. The predicted molar refractivity (Wildman–Crippen MR) is 168 cm³/mol. The summed E-state index contributed by atoms with van der Waals surface area (Å²) in [7, 11) is 3.16. The van der Waals surface area contributed by atoms with Gasteiger partial charge in [0.2, 0.25) is 5.75 Å². The van der Waals surface area contributed by atoms with Crippen molar-refractivity contribution in [3.63, 3.8) is 0 Å². The van der Waals surface area contributed by atoms with Crippen molar-refractivity contribution in [2.75, 3.05) is 14.2 Å². The van der Waals surface area contributed by atoms with Crippen LogP contribution in [0.1, 0.15) is 55.0 Å². The van der Waals surface area contributed by atoms with Crippen LogP contribution in [-0.2, 0) is 6.61 Å². The van der Waals surface area contributed by atoms with E-state index in [4.69, 9.17) is 19.2 Å². The summed E-state index contributed by atoms with van der Waals surface area (Å²) in [4.78, 5) is 18.6. The molecule has 4 aromatic rings. The molecule has 0 bridgehead atoms. The van der Waals surface area contributed by atoms with Crippen LogP contribution in [0.15, 0.2) is 71.8 Å². The second-order valence-corrected chi connectivity index (χ2v) is 12.3. The van der Waals surface area contributed by atoms with Crippen molar-refractivity contribution in [3.05, 3.63) is 89.3 Å². The minimum atomic E-state index is -0.193. The maximum absolute atomic E-state index is 13.6. The van der Waals surface area contributed by atoms with Gasteiger partial charge in [-0.25, -0.2) is 4.98 Å². The lowest BCUT2D eigenvalue weighted by Gasteiger charge is -2.22. The number of benzene rings is 3. The number of nitrogens with zero attached hydrogens (tertiary/aromatic N) is 3. The number of hydrogen-bond donors (Lipinski definition) is 0. The topological polar surface area (TPSA) is 74.9 Å². The second kappa shape index (κ2) is 12.9. The maximum atomic E-state index is 13.6. The summed E-state index contributed by atoms with van der Waals surface area (Å²) in [6, 6.07) is 15.1. The first-order valence-electron chi connectivity index (χ1n) is 13.0. The molecule has 1 aliphatic rings. The van der Waals surface area contributed by atoms with Crippen LogP contribution in [0.5, 0.6) is 17.2 Å². The molecule has 3 aromatic carbocycles. The number of fused-ring (bicyclic) bond motifs is 1. The molecule has 1 saturated carbocycles. The number of rotatable bonds is 8. The molecule has 0 aliphatic heterocycles. The minimum absolute atomic E-state index is 0.185. The van der Waals surface area contributed by atoms with Crippen molar-refractivity contribution in [2.24, 2.45) is 5.10 Å². The highest BCUT2D eigenvalue weighted by atomic mass is 79.9. The van der Waals surface area contributed by atoms with E-state index in [9.17, 15) is 4.79 Å². The van der Waals surface area contributed by atoms with Crippen molar-refractivity contribution in [3.8, 4) is 17.2 Å². The number of halogens is 3. The Morgan fingerprint density at radius 2 is 1.62 bits per heavy atom. The van der Waals surface area contributed by atoms with Crippen LogP contribution < -0.4 is 19.8 Å². The summed E-state index contributed by atoms with van der Waals surface area (Å²) in [5.74, 6) is 2.36. The Bertz CT molecular complexity index is 1610. The van der Waals surface area contributed by atoms with E-state index in [1.54, 1.807) is 26.5 Å². The fourth-order valence-electron chi connectivity index (χ4n) is 4.93. The molecule has 0 amide bonds. The molecular weight excluding hydrogens is 706 g/mol. The molecule has 5 rings (SSSR count). The smallest absolute Gasteiger partial charge is 0.282 e. The molecule has 0 saturated heterocycles. The number of methoxy groups -OCH3 is 2. The van der Waals surface area contributed by atoms with Crippen LogP contribution in [0.2, 0.25) is 0 Å². The largest absolute Gasteiger partial charge is 0.493 e. The molecule has 1 fully saturated rings. The van der Waals surface area contributed by atoms with Gasteiger partial charge in [-0.1, -0.05) is 73.1 Å². The second-order valence-electron chi connectivity index (χ2n) is 9.61. The molecule has 0 N–H and O–H groups in total. The molecular formula is C30H28Br3N3O4. The van der Waals surface area contributed by atoms with Crippen molar-refractivity contribution >= 4 is 64.9 Å². The first-order valence-corrected chi connectivity index (χ1v) is 15.3. The minimum Gasteiger partial charge on any atom is -0.493 e. The van der Waals surface area contributed by atoms with E-state index < -0.39 is 0 Å². The Kier molecular flexibility index (Phi) is 9.27. The van der Waals surface area contributed by atoms with Gasteiger partial charge in [0, 0.05) is 30.5 Å². The van der Waals surface area contributed by atoms with Crippen molar-refractivity contribution in [1.82, 2.24) is 9.66 Å². The summed E-state index contributed by atoms with van der Waals surface area (Å²) in [5.41, 5.74) is 2.16. The van der Waals surface area contributed by atoms with E-state index in [1.807, 2.05) is 42.5 Å². The molecule has 1 heterocycles. The average Bonchev–Trinajstić information content (AvgIpc) is 2.96. The summed E-state index contributed by atoms with van der Waals surface area (Å²) in [6.45, 7) is 0.312. The molecule has 7 nitrogen and oxygen atoms in total. The van der Waals surface area contributed by atoms with Gasteiger partial charge in [-0.05, 0) is 55.3 Å². The van der Waals surface area contributed by atoms with Gasteiger partial charge >= 0.3 is 0 Å². The molecule has 0 radical (unpaired) electrons. The molecule has 40 heavy (non-hydrogen) atoms. The molecule has 0 atom stereocenters. The third-order valence-corrected chi connectivity index (χ3v) is 8.72. The molecule has 10 heteroatoms. The summed E-state index contributed by atoms with van der Waals surface area (Å²) in [6.07, 6.45) is 7.07. The van der Waals surface area contributed by atoms with Gasteiger partial charge < -0.3 is 14.2 Å². The van der Waals surface area contributed by atoms with Gasteiger partial charge in [-0.2, -0.15) is 9.78 Å². The lowest BCUT2D eigenvalue weighted by Crippen LogP contribution is -2.25. The van der Waals surface area contributed by atoms with Gasteiger partial charge in [-0.15, -0.1) is 0 Å². The predicted octanol–water partition coefficient (Wildman–Crippen LogP) is 8.21. The van der Waals surface area contributed by atoms with E-state index in [0.717, 1.165) is 44.7 Å². The first kappa shape index (κ1) is 28.8. The van der Waals surface area contributed by atoms with Crippen LogP contribution in [0.25, 0.3) is 10.9 Å². The fourth-order valence-corrected chi connectivity index (χ4v) is 6.46.